The Morgan fingerprint density at radius 3 is 2.70 bits per heavy atom. The summed E-state index contributed by atoms with van der Waals surface area (Å²) in [7, 11) is 0. The van der Waals surface area contributed by atoms with Crippen molar-refractivity contribution in [2.24, 2.45) is 5.10 Å². The van der Waals surface area contributed by atoms with Gasteiger partial charge in [0.1, 0.15) is 5.75 Å². The maximum Gasteiger partial charge on any atom is 0.308 e. The van der Waals surface area contributed by atoms with Gasteiger partial charge in [-0.15, -0.1) is 5.10 Å². The topological polar surface area (TPSA) is 86.7 Å². The van der Waals surface area contributed by atoms with Crippen LogP contribution in [0.25, 0.3) is 0 Å². The second-order valence-corrected chi connectivity index (χ2v) is 5.97. The number of rotatable bonds is 3. The van der Waals surface area contributed by atoms with Crippen LogP contribution in [0, 0.1) is 0 Å². The Morgan fingerprint density at radius 2 is 1.93 bits per heavy atom. The molecule has 1 atom stereocenters. The summed E-state index contributed by atoms with van der Waals surface area (Å²) in [4.78, 5) is 23.3. The first kappa shape index (κ1) is 16.9. The molecule has 0 saturated carbocycles. The van der Waals surface area contributed by atoms with Crippen molar-refractivity contribution in [3.05, 3.63) is 53.6 Å². The van der Waals surface area contributed by atoms with Gasteiger partial charge in [0.25, 0.3) is 0 Å². The van der Waals surface area contributed by atoms with E-state index in [1.165, 1.54) is 18.9 Å². The fourth-order valence-corrected chi connectivity index (χ4v) is 2.83. The number of fused-ring (bicyclic) bond motifs is 1. The van der Waals surface area contributed by atoms with E-state index in [0.717, 1.165) is 0 Å². The molecule has 2 aromatic rings. The van der Waals surface area contributed by atoms with Gasteiger partial charge in [-0.3, -0.25) is 9.59 Å². The van der Waals surface area contributed by atoms with Crippen LogP contribution in [0.1, 0.15) is 31.2 Å². The molecule has 138 valence electrons. The molecule has 27 heavy (non-hydrogen) atoms. The number of hydrogen-bond donors (Lipinski definition) is 0. The van der Waals surface area contributed by atoms with Crippen molar-refractivity contribution in [1.82, 2.24) is 5.01 Å². The molecule has 0 aliphatic carbocycles. The second kappa shape index (κ2) is 6.64. The Balaban J connectivity index is 1.64. The van der Waals surface area contributed by atoms with Gasteiger partial charge in [0.2, 0.25) is 24.8 Å². The summed E-state index contributed by atoms with van der Waals surface area (Å²) in [5.74, 6) is 1.17. The zero-order valence-electron chi connectivity index (χ0n) is 14.7. The minimum Gasteiger partial charge on any atom is -0.454 e. The highest BCUT2D eigenvalue weighted by molar-refractivity contribution is 5.97. The molecule has 0 N–H and O–H groups in total. The van der Waals surface area contributed by atoms with Crippen LogP contribution in [0.2, 0.25) is 0 Å². The molecule has 1 amide bonds. The highest BCUT2D eigenvalue weighted by Gasteiger charge is 2.34. The number of esters is 1. The SMILES string of the molecule is CC(=O)Oc1cccc(C2OC(c3ccc4c(c3)OCO4)=NN2C(C)=O)c1. The molecule has 1 unspecified atom stereocenters. The van der Waals surface area contributed by atoms with Crippen LogP contribution >= 0.6 is 0 Å². The van der Waals surface area contributed by atoms with Gasteiger partial charge in [0, 0.05) is 25.0 Å². The Hall–Kier alpha value is -3.55. The standard InChI is InChI=1S/C19H16N2O6/c1-11(22)21-19(14-4-3-5-15(8-14)26-12(2)23)27-18(20-21)13-6-7-16-17(9-13)25-10-24-16/h3-9,19H,10H2,1-2H3. The van der Waals surface area contributed by atoms with E-state index >= 15 is 0 Å². The molecular formula is C19H16N2O6. The van der Waals surface area contributed by atoms with Crippen LogP contribution < -0.4 is 14.2 Å². The Morgan fingerprint density at radius 1 is 1.11 bits per heavy atom. The zero-order valence-corrected chi connectivity index (χ0v) is 14.7. The summed E-state index contributed by atoms with van der Waals surface area (Å²) in [6.07, 6.45) is -0.765. The van der Waals surface area contributed by atoms with Gasteiger partial charge in [-0.25, -0.2) is 0 Å². The minimum atomic E-state index is -0.765. The number of hydrogen-bond acceptors (Lipinski definition) is 7. The lowest BCUT2D eigenvalue weighted by Gasteiger charge is -2.19. The molecule has 8 heteroatoms. The highest BCUT2D eigenvalue weighted by Crippen LogP contribution is 2.36. The molecule has 0 saturated heterocycles. The van der Waals surface area contributed by atoms with Gasteiger partial charge in [-0.05, 0) is 30.3 Å². The molecule has 0 radical (unpaired) electrons. The average Bonchev–Trinajstić information content (AvgIpc) is 3.28. The molecular weight excluding hydrogens is 352 g/mol. The first-order chi connectivity index (χ1) is 13.0. The lowest BCUT2D eigenvalue weighted by Crippen LogP contribution is -2.25. The molecule has 2 aliphatic rings. The molecule has 0 spiro atoms. The molecule has 2 aliphatic heterocycles. The summed E-state index contributed by atoms with van der Waals surface area (Å²) in [6, 6.07) is 12.1. The van der Waals surface area contributed by atoms with Gasteiger partial charge < -0.3 is 18.9 Å². The predicted molar refractivity (Wildman–Crippen MR) is 93.2 cm³/mol. The third-order valence-electron chi connectivity index (χ3n) is 3.99. The average molecular weight is 368 g/mol. The predicted octanol–water partition coefficient (Wildman–Crippen LogP) is 2.58. The summed E-state index contributed by atoms with van der Waals surface area (Å²) in [6.45, 7) is 2.89. The zero-order chi connectivity index (χ0) is 19.0. The van der Waals surface area contributed by atoms with Crippen molar-refractivity contribution < 1.29 is 28.5 Å². The van der Waals surface area contributed by atoms with Gasteiger partial charge in [-0.2, -0.15) is 5.01 Å². The Kier molecular flexibility index (Phi) is 4.15. The van der Waals surface area contributed by atoms with Crippen LogP contribution in [0.15, 0.2) is 47.6 Å². The lowest BCUT2D eigenvalue weighted by molar-refractivity contribution is -0.135. The fourth-order valence-electron chi connectivity index (χ4n) is 2.83. The van der Waals surface area contributed by atoms with E-state index < -0.39 is 12.2 Å². The summed E-state index contributed by atoms with van der Waals surface area (Å²) >= 11 is 0. The Labute approximate surface area is 154 Å². The molecule has 0 aromatic heterocycles. The third kappa shape index (κ3) is 3.29. The van der Waals surface area contributed by atoms with Crippen LogP contribution in [0.3, 0.4) is 0 Å². The summed E-state index contributed by atoms with van der Waals surface area (Å²) in [5.41, 5.74) is 1.28. The van der Waals surface area contributed by atoms with Crippen molar-refractivity contribution in [3.63, 3.8) is 0 Å². The van der Waals surface area contributed by atoms with Crippen LogP contribution in [0.5, 0.6) is 17.2 Å². The highest BCUT2D eigenvalue weighted by atomic mass is 16.7. The van der Waals surface area contributed by atoms with E-state index in [1.54, 1.807) is 42.5 Å². The molecule has 4 rings (SSSR count). The van der Waals surface area contributed by atoms with Crippen LogP contribution in [0.4, 0.5) is 0 Å². The number of hydrazone groups is 1. The minimum absolute atomic E-state index is 0.164. The number of amides is 1. The fraction of sp³-hybridized carbons (Fsp3) is 0.211. The first-order valence-electron chi connectivity index (χ1n) is 8.25. The number of nitrogens with zero attached hydrogens (tertiary/aromatic N) is 2. The maximum atomic E-state index is 12.1. The van der Waals surface area contributed by atoms with Crippen molar-refractivity contribution in [2.45, 2.75) is 20.1 Å². The van der Waals surface area contributed by atoms with E-state index in [2.05, 4.69) is 5.10 Å². The molecule has 0 bridgehead atoms. The van der Waals surface area contributed by atoms with Crippen molar-refractivity contribution in [1.29, 1.82) is 0 Å². The maximum absolute atomic E-state index is 12.1. The van der Waals surface area contributed by atoms with Crippen molar-refractivity contribution in [2.75, 3.05) is 6.79 Å². The van der Waals surface area contributed by atoms with Crippen LogP contribution in [-0.2, 0) is 14.3 Å². The van der Waals surface area contributed by atoms with Gasteiger partial charge in [-0.1, -0.05) is 12.1 Å². The van der Waals surface area contributed by atoms with E-state index in [9.17, 15) is 9.59 Å². The van der Waals surface area contributed by atoms with Crippen molar-refractivity contribution in [3.8, 4) is 17.2 Å². The van der Waals surface area contributed by atoms with Gasteiger partial charge >= 0.3 is 5.97 Å². The largest absolute Gasteiger partial charge is 0.454 e. The number of carbonyl (C=O) groups is 2. The second-order valence-electron chi connectivity index (χ2n) is 5.97. The molecule has 2 aromatic carbocycles. The first-order valence-corrected chi connectivity index (χ1v) is 8.25. The van der Waals surface area contributed by atoms with Crippen molar-refractivity contribution >= 4 is 17.8 Å². The Bertz CT molecular complexity index is 955. The van der Waals surface area contributed by atoms with Gasteiger partial charge in [0.05, 0.1) is 0 Å². The normalized spacial score (nSPS) is 17.3. The van der Waals surface area contributed by atoms with E-state index in [1.807, 2.05) is 0 Å². The molecule has 2 heterocycles. The lowest BCUT2D eigenvalue weighted by atomic mass is 10.1. The summed E-state index contributed by atoms with van der Waals surface area (Å²) < 4.78 is 21.7. The summed E-state index contributed by atoms with van der Waals surface area (Å²) in [5, 5.41) is 5.55. The molecule has 8 nitrogen and oxygen atoms in total. The van der Waals surface area contributed by atoms with Gasteiger partial charge in [0.15, 0.2) is 11.5 Å². The van der Waals surface area contributed by atoms with E-state index in [0.29, 0.717) is 28.4 Å². The van der Waals surface area contributed by atoms with Crippen LogP contribution in [-0.4, -0.2) is 29.6 Å². The smallest absolute Gasteiger partial charge is 0.308 e. The quantitative estimate of drug-likeness (QED) is 0.611. The monoisotopic (exact) mass is 368 g/mol. The van der Waals surface area contributed by atoms with E-state index in [-0.39, 0.29) is 18.6 Å². The third-order valence-corrected chi connectivity index (χ3v) is 3.99. The number of ether oxygens (including phenoxy) is 4. The molecule has 0 fully saturated rings. The number of carbonyl (C=O) groups excluding carboxylic acids is 2. The number of benzene rings is 2. The van der Waals surface area contributed by atoms with E-state index in [4.69, 9.17) is 18.9 Å².